The molecule has 0 nitrogen and oxygen atoms in total. The predicted octanol–water partition coefficient (Wildman–Crippen LogP) is 5.82. The molecule has 0 aliphatic carbocycles. The van der Waals surface area contributed by atoms with Crippen molar-refractivity contribution in [1.29, 1.82) is 0 Å². The summed E-state index contributed by atoms with van der Waals surface area (Å²) in [7, 11) is 0. The molecule has 0 N–H and O–H groups in total. The van der Waals surface area contributed by atoms with Crippen LogP contribution in [0.2, 0.25) is 0 Å². The number of hydrogen-bond donors (Lipinski definition) is 0. The quantitative estimate of drug-likeness (QED) is 0.561. The molecule has 0 aliphatic rings. The van der Waals surface area contributed by atoms with Crippen LogP contribution in [-0.2, 0) is 0 Å². The lowest BCUT2D eigenvalue weighted by Gasteiger charge is -2.13. The minimum Gasteiger partial charge on any atom is -0.207 e. The van der Waals surface area contributed by atoms with E-state index < -0.39 is 5.38 Å². The molecule has 0 radical (unpaired) electrons. The van der Waals surface area contributed by atoms with Crippen LogP contribution in [0.15, 0.2) is 45.3 Å². The highest BCUT2D eigenvalue weighted by atomic mass is 79.9. The summed E-state index contributed by atoms with van der Waals surface area (Å²) in [5.74, 6) is -0.685. The maximum absolute atomic E-state index is 13.1. The third-order valence-electron chi connectivity index (χ3n) is 2.47. The van der Waals surface area contributed by atoms with Crippen molar-refractivity contribution in [1.82, 2.24) is 0 Å². The van der Waals surface area contributed by atoms with Crippen LogP contribution in [0.4, 0.5) is 8.78 Å². The molecule has 1 unspecified atom stereocenters. The van der Waals surface area contributed by atoms with E-state index in [1.54, 1.807) is 18.2 Å². The monoisotopic (exact) mass is 394 g/mol. The lowest BCUT2D eigenvalue weighted by atomic mass is 10.0. The van der Waals surface area contributed by atoms with Gasteiger partial charge in [-0.25, -0.2) is 8.78 Å². The van der Waals surface area contributed by atoms with Crippen molar-refractivity contribution >= 4 is 43.5 Å². The Balaban J connectivity index is 2.41. The fourth-order valence-electron chi connectivity index (χ4n) is 1.56. The van der Waals surface area contributed by atoms with Gasteiger partial charge in [-0.2, -0.15) is 0 Å². The number of alkyl halides is 1. The van der Waals surface area contributed by atoms with Crippen molar-refractivity contribution in [2.45, 2.75) is 5.38 Å². The van der Waals surface area contributed by atoms with Gasteiger partial charge in [0.2, 0.25) is 0 Å². The lowest BCUT2D eigenvalue weighted by molar-refractivity contribution is 0.620. The van der Waals surface area contributed by atoms with E-state index in [0.717, 1.165) is 11.1 Å². The molecule has 0 aromatic heterocycles. The number of hydrogen-bond acceptors (Lipinski definition) is 0. The van der Waals surface area contributed by atoms with Gasteiger partial charge in [-0.15, -0.1) is 11.6 Å². The molecular formula is C13H7Br2ClF2. The third-order valence-corrected chi connectivity index (χ3v) is 4.25. The van der Waals surface area contributed by atoms with Gasteiger partial charge >= 0.3 is 0 Å². The van der Waals surface area contributed by atoms with Crippen LogP contribution in [0.25, 0.3) is 0 Å². The zero-order valence-corrected chi connectivity index (χ0v) is 12.9. The van der Waals surface area contributed by atoms with Crippen LogP contribution in [0, 0.1) is 11.6 Å². The molecule has 5 heteroatoms. The predicted molar refractivity (Wildman–Crippen MR) is 75.9 cm³/mol. The molecular weight excluding hydrogens is 389 g/mol. The van der Waals surface area contributed by atoms with Crippen molar-refractivity contribution in [2.24, 2.45) is 0 Å². The fraction of sp³-hybridized carbons (Fsp3) is 0.0769. The Morgan fingerprint density at radius 1 is 0.944 bits per heavy atom. The molecule has 0 saturated carbocycles. The first-order valence-electron chi connectivity index (χ1n) is 5.03. The maximum atomic E-state index is 13.1. The topological polar surface area (TPSA) is 0 Å². The fourth-order valence-corrected chi connectivity index (χ4v) is 2.99. The summed E-state index contributed by atoms with van der Waals surface area (Å²) in [6, 6.07) is 8.86. The van der Waals surface area contributed by atoms with E-state index in [1.807, 2.05) is 0 Å². The molecule has 2 aromatic carbocycles. The molecule has 0 aliphatic heterocycles. The van der Waals surface area contributed by atoms with E-state index in [9.17, 15) is 8.78 Å². The van der Waals surface area contributed by atoms with Crippen molar-refractivity contribution < 1.29 is 8.78 Å². The second kappa shape index (κ2) is 5.68. The SMILES string of the molecule is Fc1ccc(C(Cl)c2ccc(F)c(Br)c2)c(Br)c1. The summed E-state index contributed by atoms with van der Waals surface area (Å²) >= 11 is 12.7. The average Bonchev–Trinajstić information content (AvgIpc) is 2.32. The smallest absolute Gasteiger partial charge is 0.137 e. The lowest BCUT2D eigenvalue weighted by Crippen LogP contribution is -1.96. The number of benzene rings is 2. The minimum absolute atomic E-state index is 0.338. The second-order valence-corrected chi connectivity index (χ2v) is 5.85. The van der Waals surface area contributed by atoms with Gasteiger partial charge < -0.3 is 0 Å². The standard InChI is InChI=1S/C13H7Br2ClF2/c14-10-6-8(17)2-3-9(10)13(16)7-1-4-12(18)11(15)5-7/h1-6,13H. The summed E-state index contributed by atoms with van der Waals surface area (Å²) < 4.78 is 27.1. The van der Waals surface area contributed by atoms with Crippen LogP contribution in [-0.4, -0.2) is 0 Å². The molecule has 0 fully saturated rings. The zero-order chi connectivity index (χ0) is 13.3. The molecule has 2 aromatic rings. The summed E-state index contributed by atoms with van der Waals surface area (Å²) in [5, 5.41) is -0.475. The second-order valence-electron chi connectivity index (χ2n) is 3.70. The van der Waals surface area contributed by atoms with Gasteiger partial charge in [-0.1, -0.05) is 28.1 Å². The van der Waals surface area contributed by atoms with E-state index in [-0.39, 0.29) is 11.6 Å². The van der Waals surface area contributed by atoms with E-state index in [1.165, 1.54) is 18.2 Å². The Bertz CT molecular complexity index is 587. The number of halogens is 5. The molecule has 94 valence electrons. The third kappa shape index (κ3) is 2.92. The average molecular weight is 396 g/mol. The molecule has 2 rings (SSSR count). The molecule has 0 heterocycles. The normalized spacial score (nSPS) is 12.5. The summed E-state index contributed by atoms with van der Waals surface area (Å²) in [6.07, 6.45) is 0. The van der Waals surface area contributed by atoms with Crippen LogP contribution < -0.4 is 0 Å². The molecule has 0 saturated heterocycles. The highest BCUT2D eigenvalue weighted by molar-refractivity contribution is 9.10. The largest absolute Gasteiger partial charge is 0.207 e. The van der Waals surface area contributed by atoms with Crippen LogP contribution in [0.1, 0.15) is 16.5 Å². The molecule has 0 amide bonds. The summed E-state index contributed by atoms with van der Waals surface area (Å²) in [4.78, 5) is 0. The van der Waals surface area contributed by atoms with E-state index in [4.69, 9.17) is 11.6 Å². The van der Waals surface area contributed by atoms with Crippen molar-refractivity contribution in [2.75, 3.05) is 0 Å². The Kier molecular flexibility index (Phi) is 4.41. The maximum Gasteiger partial charge on any atom is 0.137 e. The first-order valence-corrected chi connectivity index (χ1v) is 7.05. The van der Waals surface area contributed by atoms with Crippen molar-refractivity contribution in [3.8, 4) is 0 Å². The van der Waals surface area contributed by atoms with E-state index in [0.29, 0.717) is 8.95 Å². The Morgan fingerprint density at radius 2 is 1.67 bits per heavy atom. The summed E-state index contributed by atoms with van der Waals surface area (Å²) in [5.41, 5.74) is 1.47. The first kappa shape index (κ1) is 14.0. The Labute approximate surface area is 125 Å². The highest BCUT2D eigenvalue weighted by Gasteiger charge is 2.15. The number of rotatable bonds is 2. The Hall–Kier alpha value is -0.450. The molecule has 0 spiro atoms. The van der Waals surface area contributed by atoms with Crippen LogP contribution >= 0.6 is 43.5 Å². The summed E-state index contributed by atoms with van der Waals surface area (Å²) in [6.45, 7) is 0. The van der Waals surface area contributed by atoms with Gasteiger partial charge in [0.1, 0.15) is 11.6 Å². The van der Waals surface area contributed by atoms with Gasteiger partial charge in [-0.3, -0.25) is 0 Å². The van der Waals surface area contributed by atoms with Crippen LogP contribution in [0.5, 0.6) is 0 Å². The zero-order valence-electron chi connectivity index (χ0n) is 8.93. The first-order chi connectivity index (χ1) is 8.49. The minimum atomic E-state index is -0.475. The van der Waals surface area contributed by atoms with Gasteiger partial charge in [0.05, 0.1) is 9.85 Å². The highest BCUT2D eigenvalue weighted by Crippen LogP contribution is 2.35. The van der Waals surface area contributed by atoms with Gasteiger partial charge in [0.15, 0.2) is 0 Å². The Morgan fingerprint density at radius 3 is 2.28 bits per heavy atom. The van der Waals surface area contributed by atoms with E-state index in [2.05, 4.69) is 31.9 Å². The van der Waals surface area contributed by atoms with Gasteiger partial charge in [-0.05, 0) is 51.3 Å². The molecule has 18 heavy (non-hydrogen) atoms. The van der Waals surface area contributed by atoms with E-state index >= 15 is 0 Å². The van der Waals surface area contributed by atoms with Crippen molar-refractivity contribution in [3.63, 3.8) is 0 Å². The molecule has 0 bridgehead atoms. The van der Waals surface area contributed by atoms with Crippen molar-refractivity contribution in [3.05, 3.63) is 68.1 Å². The molecule has 1 atom stereocenters. The van der Waals surface area contributed by atoms with Gasteiger partial charge in [0.25, 0.3) is 0 Å². The van der Waals surface area contributed by atoms with Crippen LogP contribution in [0.3, 0.4) is 0 Å². The van der Waals surface area contributed by atoms with Gasteiger partial charge in [0, 0.05) is 4.47 Å².